The molecule has 0 saturated carbocycles. The van der Waals surface area contributed by atoms with Gasteiger partial charge in [0.25, 0.3) is 5.91 Å². The first-order valence-corrected chi connectivity index (χ1v) is 9.61. The Bertz CT molecular complexity index is 861. The molecule has 0 saturated heterocycles. The molecule has 2 rings (SSSR count). The van der Waals surface area contributed by atoms with E-state index in [0.29, 0.717) is 11.3 Å². The van der Waals surface area contributed by atoms with Crippen LogP contribution in [0.2, 0.25) is 0 Å². The van der Waals surface area contributed by atoms with Gasteiger partial charge >= 0.3 is 0 Å². The normalized spacial score (nSPS) is 12.2. The van der Waals surface area contributed by atoms with Gasteiger partial charge < -0.3 is 15.0 Å². The van der Waals surface area contributed by atoms with Gasteiger partial charge in [0.05, 0.1) is 0 Å². The van der Waals surface area contributed by atoms with Gasteiger partial charge in [0.1, 0.15) is 17.6 Å². The fourth-order valence-corrected chi connectivity index (χ4v) is 2.80. The molecular formula is C23H29FN2O3. The molecule has 0 spiro atoms. The minimum atomic E-state index is -0.789. The lowest BCUT2D eigenvalue weighted by Crippen LogP contribution is -2.53. The van der Waals surface area contributed by atoms with Crippen LogP contribution in [0.25, 0.3) is 0 Å². The van der Waals surface area contributed by atoms with Crippen LogP contribution >= 0.6 is 0 Å². The SMILES string of the molecule is Cc1cccc(OCC(=O)N(Cc2ccccc2F)[C@@H](C)C(=O)NC(C)(C)C)c1. The first-order chi connectivity index (χ1) is 13.6. The first kappa shape index (κ1) is 22.4. The number of hydrogen-bond donors (Lipinski definition) is 1. The highest BCUT2D eigenvalue weighted by Crippen LogP contribution is 2.16. The van der Waals surface area contributed by atoms with Crippen LogP contribution in [0.15, 0.2) is 48.5 Å². The van der Waals surface area contributed by atoms with Crippen LogP contribution in [0.3, 0.4) is 0 Å². The average molecular weight is 400 g/mol. The second kappa shape index (κ2) is 9.54. The van der Waals surface area contributed by atoms with Crippen molar-refractivity contribution < 1.29 is 18.7 Å². The predicted octanol–water partition coefficient (Wildman–Crippen LogP) is 3.84. The molecular weight excluding hydrogens is 371 g/mol. The zero-order valence-electron chi connectivity index (χ0n) is 17.7. The second-order valence-electron chi connectivity index (χ2n) is 8.13. The number of halogens is 1. The molecule has 6 heteroatoms. The van der Waals surface area contributed by atoms with Crippen molar-refractivity contribution in [2.24, 2.45) is 0 Å². The number of benzene rings is 2. The highest BCUT2D eigenvalue weighted by atomic mass is 19.1. The molecule has 0 aliphatic heterocycles. The third-order valence-corrected chi connectivity index (χ3v) is 4.32. The highest BCUT2D eigenvalue weighted by molar-refractivity contribution is 5.88. The third-order valence-electron chi connectivity index (χ3n) is 4.32. The molecule has 0 bridgehead atoms. The third kappa shape index (κ3) is 6.89. The molecule has 2 aromatic carbocycles. The lowest BCUT2D eigenvalue weighted by Gasteiger charge is -2.31. The fourth-order valence-electron chi connectivity index (χ4n) is 2.80. The van der Waals surface area contributed by atoms with Crippen molar-refractivity contribution in [1.82, 2.24) is 10.2 Å². The summed E-state index contributed by atoms with van der Waals surface area (Å²) in [6.07, 6.45) is 0. The molecule has 0 aromatic heterocycles. The molecule has 2 aromatic rings. The molecule has 2 amide bonds. The molecule has 5 nitrogen and oxygen atoms in total. The van der Waals surface area contributed by atoms with E-state index in [0.717, 1.165) is 5.56 Å². The Kier molecular flexibility index (Phi) is 7.37. The van der Waals surface area contributed by atoms with Gasteiger partial charge in [-0.15, -0.1) is 0 Å². The Labute approximate surface area is 171 Å². The van der Waals surface area contributed by atoms with Crippen LogP contribution in [0.5, 0.6) is 5.75 Å². The van der Waals surface area contributed by atoms with Crippen LogP contribution in [0, 0.1) is 12.7 Å². The van der Waals surface area contributed by atoms with Gasteiger partial charge in [-0.1, -0.05) is 30.3 Å². The number of carbonyl (C=O) groups excluding carboxylic acids is 2. The molecule has 29 heavy (non-hydrogen) atoms. The van der Waals surface area contributed by atoms with Crippen molar-refractivity contribution in [1.29, 1.82) is 0 Å². The van der Waals surface area contributed by atoms with Crippen LogP contribution in [0.1, 0.15) is 38.8 Å². The van der Waals surface area contributed by atoms with Gasteiger partial charge in [0, 0.05) is 17.6 Å². The molecule has 0 heterocycles. The number of rotatable bonds is 7. The number of ether oxygens (including phenoxy) is 1. The fraction of sp³-hybridized carbons (Fsp3) is 0.391. The minimum Gasteiger partial charge on any atom is -0.484 e. The van der Waals surface area contributed by atoms with E-state index in [-0.39, 0.29) is 19.1 Å². The summed E-state index contributed by atoms with van der Waals surface area (Å²) in [5, 5.41) is 2.87. The summed E-state index contributed by atoms with van der Waals surface area (Å²) >= 11 is 0. The molecule has 1 N–H and O–H groups in total. The van der Waals surface area contributed by atoms with Gasteiger partial charge in [-0.05, 0) is 58.4 Å². The van der Waals surface area contributed by atoms with Gasteiger partial charge in [-0.3, -0.25) is 9.59 Å². The maximum Gasteiger partial charge on any atom is 0.261 e. The zero-order chi connectivity index (χ0) is 21.6. The van der Waals surface area contributed by atoms with E-state index in [1.54, 1.807) is 31.2 Å². The molecule has 0 aliphatic rings. The van der Waals surface area contributed by atoms with Crippen LogP contribution < -0.4 is 10.1 Å². The summed E-state index contributed by atoms with van der Waals surface area (Å²) in [5.74, 6) is -0.562. The topological polar surface area (TPSA) is 58.6 Å². The van der Waals surface area contributed by atoms with E-state index in [1.165, 1.54) is 11.0 Å². The molecule has 0 aliphatic carbocycles. The molecule has 0 fully saturated rings. The quantitative estimate of drug-likeness (QED) is 0.768. The number of amides is 2. The van der Waals surface area contributed by atoms with Crippen molar-refractivity contribution in [3.63, 3.8) is 0 Å². The average Bonchev–Trinajstić information content (AvgIpc) is 2.63. The van der Waals surface area contributed by atoms with Crippen LogP contribution in [-0.2, 0) is 16.1 Å². The standard InChI is InChI=1S/C23H29FN2O3/c1-16-9-8-11-19(13-16)29-15-21(27)26(14-18-10-6-7-12-20(18)24)17(2)22(28)25-23(3,4)5/h6-13,17H,14-15H2,1-5H3,(H,25,28)/t17-/m0/s1. The summed E-state index contributed by atoms with van der Waals surface area (Å²) in [6, 6.07) is 12.8. The van der Waals surface area contributed by atoms with Crippen LogP contribution in [0.4, 0.5) is 4.39 Å². The van der Waals surface area contributed by atoms with Gasteiger partial charge in [-0.2, -0.15) is 0 Å². The van der Waals surface area contributed by atoms with Crippen molar-refractivity contribution in [2.45, 2.75) is 52.7 Å². The summed E-state index contributed by atoms with van der Waals surface area (Å²) < 4.78 is 19.8. The van der Waals surface area contributed by atoms with E-state index in [1.807, 2.05) is 45.9 Å². The predicted molar refractivity (Wildman–Crippen MR) is 111 cm³/mol. The molecule has 156 valence electrons. The summed E-state index contributed by atoms with van der Waals surface area (Å²) in [6.45, 7) is 8.88. The number of hydrogen-bond acceptors (Lipinski definition) is 3. The maximum atomic E-state index is 14.2. The Morgan fingerprint density at radius 3 is 2.45 bits per heavy atom. The molecule has 1 atom stereocenters. The van der Waals surface area contributed by atoms with Crippen molar-refractivity contribution >= 4 is 11.8 Å². The number of nitrogens with zero attached hydrogens (tertiary/aromatic N) is 1. The van der Waals surface area contributed by atoms with Crippen molar-refractivity contribution in [3.05, 3.63) is 65.5 Å². The first-order valence-electron chi connectivity index (χ1n) is 9.61. The van der Waals surface area contributed by atoms with E-state index in [9.17, 15) is 14.0 Å². The Balaban J connectivity index is 2.19. The molecule has 0 unspecified atom stereocenters. The van der Waals surface area contributed by atoms with Crippen molar-refractivity contribution in [2.75, 3.05) is 6.61 Å². The number of carbonyl (C=O) groups is 2. The van der Waals surface area contributed by atoms with Crippen molar-refractivity contribution in [3.8, 4) is 5.75 Å². The van der Waals surface area contributed by atoms with E-state index in [4.69, 9.17) is 4.74 Å². The van der Waals surface area contributed by atoms with Crippen LogP contribution in [-0.4, -0.2) is 34.9 Å². The summed E-state index contributed by atoms with van der Waals surface area (Å²) in [4.78, 5) is 26.9. The maximum absolute atomic E-state index is 14.2. The number of nitrogens with one attached hydrogen (secondary N) is 1. The highest BCUT2D eigenvalue weighted by Gasteiger charge is 2.29. The van der Waals surface area contributed by atoms with E-state index < -0.39 is 23.3 Å². The van der Waals surface area contributed by atoms with E-state index >= 15 is 0 Å². The largest absolute Gasteiger partial charge is 0.484 e. The Hall–Kier alpha value is -2.89. The summed E-state index contributed by atoms with van der Waals surface area (Å²) in [5.41, 5.74) is 0.902. The smallest absolute Gasteiger partial charge is 0.261 e. The lowest BCUT2D eigenvalue weighted by atomic mass is 10.1. The second-order valence-corrected chi connectivity index (χ2v) is 8.13. The zero-order valence-corrected chi connectivity index (χ0v) is 17.7. The minimum absolute atomic E-state index is 0.0264. The van der Waals surface area contributed by atoms with Gasteiger partial charge in [0.15, 0.2) is 6.61 Å². The number of aryl methyl sites for hydroxylation is 1. The summed E-state index contributed by atoms with van der Waals surface area (Å²) in [7, 11) is 0. The molecule has 0 radical (unpaired) electrons. The van der Waals surface area contributed by atoms with Gasteiger partial charge in [0.2, 0.25) is 5.91 Å². The monoisotopic (exact) mass is 400 g/mol. The Morgan fingerprint density at radius 2 is 1.83 bits per heavy atom. The Morgan fingerprint density at radius 1 is 1.14 bits per heavy atom. The van der Waals surface area contributed by atoms with Gasteiger partial charge in [-0.25, -0.2) is 4.39 Å². The van der Waals surface area contributed by atoms with E-state index in [2.05, 4.69) is 5.32 Å². The lowest BCUT2D eigenvalue weighted by molar-refractivity contribution is -0.142.